The van der Waals surface area contributed by atoms with Gasteiger partial charge in [-0.05, 0) is 34.5 Å². The van der Waals surface area contributed by atoms with Crippen molar-refractivity contribution in [3.8, 4) is 11.1 Å². The summed E-state index contributed by atoms with van der Waals surface area (Å²) in [5, 5.41) is 23.7. The van der Waals surface area contributed by atoms with Crippen LogP contribution in [0.5, 0.6) is 0 Å². The molecule has 0 aliphatic heterocycles. The topological polar surface area (TPSA) is 150 Å². The molecule has 13 heteroatoms. The fraction of sp³-hybridized carbons (Fsp3) is 0.238. The number of ether oxygens (including phenoxy) is 1. The van der Waals surface area contributed by atoms with Gasteiger partial charge in [-0.3, -0.25) is 15.0 Å². The second-order valence-electron chi connectivity index (χ2n) is 7.05. The van der Waals surface area contributed by atoms with Crippen molar-refractivity contribution >= 4 is 29.4 Å². The SMILES string of the molecule is CCC(=O)O[C@H](CN(Cc1ccc(-c2cc(Cl)ccc2F)cc1)NC(=O)c1nn[nH]n1)C(=O)O. The minimum Gasteiger partial charge on any atom is -0.478 e. The molecule has 0 unspecified atom stereocenters. The first-order valence-electron chi connectivity index (χ1n) is 10.0. The molecule has 1 atom stereocenters. The molecule has 1 heterocycles. The summed E-state index contributed by atoms with van der Waals surface area (Å²) in [5.41, 5.74) is 4.02. The van der Waals surface area contributed by atoms with Crippen molar-refractivity contribution < 1.29 is 28.6 Å². The monoisotopic (exact) mass is 490 g/mol. The minimum atomic E-state index is -1.54. The van der Waals surface area contributed by atoms with Gasteiger partial charge in [0.25, 0.3) is 5.82 Å². The van der Waals surface area contributed by atoms with Crippen molar-refractivity contribution in [3.05, 3.63) is 64.7 Å². The number of carboxylic acids is 1. The number of carbonyl (C=O) groups is 3. The Balaban J connectivity index is 1.80. The maximum Gasteiger partial charge on any atom is 0.346 e. The van der Waals surface area contributed by atoms with Crippen LogP contribution in [0.15, 0.2) is 42.5 Å². The first-order chi connectivity index (χ1) is 16.3. The van der Waals surface area contributed by atoms with Crippen LogP contribution in [0.3, 0.4) is 0 Å². The predicted molar refractivity (Wildman–Crippen MR) is 117 cm³/mol. The summed E-state index contributed by atoms with van der Waals surface area (Å²) in [5.74, 6) is -3.54. The van der Waals surface area contributed by atoms with Gasteiger partial charge in [-0.15, -0.1) is 10.2 Å². The summed E-state index contributed by atoms with van der Waals surface area (Å²) >= 11 is 5.96. The van der Waals surface area contributed by atoms with E-state index in [1.165, 1.54) is 30.1 Å². The van der Waals surface area contributed by atoms with E-state index in [0.717, 1.165) is 0 Å². The normalized spacial score (nSPS) is 11.8. The van der Waals surface area contributed by atoms with Gasteiger partial charge >= 0.3 is 17.8 Å². The summed E-state index contributed by atoms with van der Waals surface area (Å²) in [6.07, 6.45) is -1.56. The van der Waals surface area contributed by atoms with Gasteiger partial charge in [0.05, 0.1) is 6.54 Å². The summed E-state index contributed by atoms with van der Waals surface area (Å²) in [7, 11) is 0. The van der Waals surface area contributed by atoms with Crippen molar-refractivity contribution in [1.29, 1.82) is 0 Å². The number of hydrogen-bond acceptors (Lipinski definition) is 8. The number of carbonyl (C=O) groups excluding carboxylic acids is 2. The van der Waals surface area contributed by atoms with E-state index in [1.54, 1.807) is 24.3 Å². The van der Waals surface area contributed by atoms with E-state index < -0.39 is 29.8 Å². The van der Waals surface area contributed by atoms with Crippen molar-refractivity contribution in [1.82, 2.24) is 31.1 Å². The average molecular weight is 491 g/mol. The lowest BCUT2D eigenvalue weighted by atomic mass is 10.0. The molecule has 0 aliphatic carbocycles. The molecule has 0 radical (unpaired) electrons. The van der Waals surface area contributed by atoms with Gasteiger partial charge in [0.2, 0.25) is 6.10 Å². The smallest absolute Gasteiger partial charge is 0.346 e. The van der Waals surface area contributed by atoms with Crippen LogP contribution < -0.4 is 5.43 Å². The Hall–Kier alpha value is -3.90. The molecule has 0 spiro atoms. The van der Waals surface area contributed by atoms with Crippen LogP contribution in [0.25, 0.3) is 11.1 Å². The van der Waals surface area contributed by atoms with Gasteiger partial charge in [0.15, 0.2) is 0 Å². The van der Waals surface area contributed by atoms with Gasteiger partial charge in [-0.1, -0.05) is 42.8 Å². The zero-order chi connectivity index (χ0) is 24.7. The van der Waals surface area contributed by atoms with Crippen molar-refractivity contribution in [2.75, 3.05) is 6.54 Å². The molecule has 1 aromatic heterocycles. The quantitative estimate of drug-likeness (QED) is 0.287. The number of halogens is 2. The number of esters is 1. The number of hydrazine groups is 1. The third-order valence-corrected chi connectivity index (χ3v) is 4.83. The fourth-order valence-corrected chi connectivity index (χ4v) is 3.11. The molecule has 3 rings (SSSR count). The van der Waals surface area contributed by atoms with Crippen LogP contribution in [0.2, 0.25) is 5.02 Å². The first-order valence-corrected chi connectivity index (χ1v) is 10.4. The van der Waals surface area contributed by atoms with Crippen LogP contribution >= 0.6 is 11.6 Å². The Bertz CT molecular complexity index is 1160. The number of nitrogens with one attached hydrogen (secondary N) is 2. The van der Waals surface area contributed by atoms with Gasteiger partial charge in [-0.25, -0.2) is 14.2 Å². The lowest BCUT2D eigenvalue weighted by molar-refractivity contribution is -0.165. The zero-order valence-electron chi connectivity index (χ0n) is 17.9. The van der Waals surface area contributed by atoms with Crippen molar-refractivity contribution in [2.45, 2.75) is 26.0 Å². The molecule has 0 fully saturated rings. The standard InChI is InChI=1S/C21H20ClFN6O5/c1-2-18(30)34-17(21(32)33)11-29(26-20(31)19-24-27-28-25-19)10-12-3-5-13(6-4-12)15-9-14(22)7-8-16(15)23/h3-9,17H,2,10-11H2,1H3,(H,26,31)(H,32,33)(H,24,25,27,28)/t17-/m1/s1. The number of rotatable bonds is 10. The highest BCUT2D eigenvalue weighted by Crippen LogP contribution is 2.26. The number of tetrazole rings is 1. The van der Waals surface area contributed by atoms with E-state index in [1.807, 2.05) is 0 Å². The minimum absolute atomic E-state index is 0.0134. The molecule has 2 aromatic carbocycles. The molecule has 34 heavy (non-hydrogen) atoms. The molecular weight excluding hydrogens is 471 g/mol. The second kappa shape index (κ2) is 11.3. The molecule has 0 bridgehead atoms. The van der Waals surface area contributed by atoms with Crippen LogP contribution in [0.1, 0.15) is 29.5 Å². The molecule has 3 N–H and O–H groups in total. The summed E-state index contributed by atoms with van der Waals surface area (Å²) in [6, 6.07) is 10.9. The highest BCUT2D eigenvalue weighted by Gasteiger charge is 2.27. The van der Waals surface area contributed by atoms with Crippen LogP contribution in [-0.2, 0) is 20.9 Å². The molecular formula is C21H20ClFN6O5. The molecule has 1 amide bonds. The third kappa shape index (κ3) is 6.56. The highest BCUT2D eigenvalue weighted by molar-refractivity contribution is 6.30. The Kier molecular flexibility index (Phi) is 8.22. The van der Waals surface area contributed by atoms with Gasteiger partial charge in [0.1, 0.15) is 5.82 Å². The van der Waals surface area contributed by atoms with E-state index in [2.05, 4.69) is 26.0 Å². The third-order valence-electron chi connectivity index (χ3n) is 4.60. The summed E-state index contributed by atoms with van der Waals surface area (Å²) < 4.78 is 19.1. The zero-order valence-corrected chi connectivity index (χ0v) is 18.6. The largest absolute Gasteiger partial charge is 0.478 e. The average Bonchev–Trinajstić information content (AvgIpc) is 3.36. The molecule has 11 nitrogen and oxygen atoms in total. The molecule has 0 aliphatic rings. The number of aliphatic carboxylic acids is 1. The van der Waals surface area contributed by atoms with Gasteiger partial charge in [0, 0.05) is 23.6 Å². The van der Waals surface area contributed by atoms with Gasteiger partial charge < -0.3 is 9.84 Å². The molecule has 3 aromatic rings. The first kappa shape index (κ1) is 24.7. The van der Waals surface area contributed by atoms with E-state index in [-0.39, 0.29) is 25.3 Å². The number of amides is 1. The Labute approximate surface area is 197 Å². The molecule has 0 saturated heterocycles. The number of hydrogen-bond donors (Lipinski definition) is 3. The van der Waals surface area contributed by atoms with Crippen LogP contribution in [0.4, 0.5) is 4.39 Å². The maximum absolute atomic E-state index is 14.2. The lowest BCUT2D eigenvalue weighted by Crippen LogP contribution is -2.48. The predicted octanol–water partition coefficient (Wildman–Crippen LogP) is 2.21. The fourth-order valence-electron chi connectivity index (χ4n) is 2.94. The molecule has 178 valence electrons. The number of aromatic nitrogens is 4. The number of benzene rings is 2. The van der Waals surface area contributed by atoms with E-state index in [9.17, 15) is 23.9 Å². The van der Waals surface area contributed by atoms with E-state index >= 15 is 0 Å². The summed E-state index contributed by atoms with van der Waals surface area (Å²) in [6.45, 7) is 1.19. The van der Waals surface area contributed by atoms with Crippen LogP contribution in [0, 0.1) is 5.82 Å². The Morgan fingerprint density at radius 3 is 2.59 bits per heavy atom. The van der Waals surface area contributed by atoms with E-state index in [4.69, 9.17) is 16.3 Å². The highest BCUT2D eigenvalue weighted by atomic mass is 35.5. The van der Waals surface area contributed by atoms with Crippen LogP contribution in [-0.4, -0.2) is 61.2 Å². The summed E-state index contributed by atoms with van der Waals surface area (Å²) in [4.78, 5) is 35.6. The second-order valence-corrected chi connectivity index (χ2v) is 7.48. The Morgan fingerprint density at radius 2 is 1.97 bits per heavy atom. The number of nitrogens with zero attached hydrogens (tertiary/aromatic N) is 4. The maximum atomic E-state index is 14.2. The van der Waals surface area contributed by atoms with E-state index in [0.29, 0.717) is 21.7 Å². The van der Waals surface area contributed by atoms with Crippen molar-refractivity contribution in [2.24, 2.45) is 0 Å². The Morgan fingerprint density at radius 1 is 1.24 bits per heavy atom. The van der Waals surface area contributed by atoms with Crippen molar-refractivity contribution in [3.63, 3.8) is 0 Å². The number of aromatic amines is 1. The molecule has 0 saturated carbocycles. The van der Waals surface area contributed by atoms with Gasteiger partial charge in [-0.2, -0.15) is 5.21 Å². The number of carboxylic acid groups (broad SMARTS) is 1. The lowest BCUT2D eigenvalue weighted by Gasteiger charge is -2.25. The number of H-pyrrole nitrogens is 1.